The number of benzene rings is 3. The van der Waals surface area contributed by atoms with E-state index in [1.165, 1.54) is 0 Å². The Morgan fingerprint density at radius 3 is 2.49 bits per heavy atom. The zero-order chi connectivity index (χ0) is 24.7. The number of H-pyrrole nitrogens is 1. The van der Waals surface area contributed by atoms with Gasteiger partial charge in [0, 0.05) is 21.5 Å². The average molecular weight is 486 g/mol. The summed E-state index contributed by atoms with van der Waals surface area (Å²) in [5.74, 6) is -0.820. The number of phenolic OH excluding ortho intramolecular Hbond substituents is 1. The highest BCUT2D eigenvalue weighted by atomic mass is 35.5. The van der Waals surface area contributed by atoms with Gasteiger partial charge in [-0.15, -0.1) is 0 Å². The molecule has 0 saturated carbocycles. The minimum absolute atomic E-state index is 0.00779. The number of rotatable bonds is 5. The Kier molecular flexibility index (Phi) is 5.62. The SMILES string of the molecule is Cc1cc(O)c(-c2cc(C(=O)Nc3c(C(=O)c4ccc(Cl)cc4)oc4ccccc34)[nH]n2)cc1C. The lowest BCUT2D eigenvalue weighted by Crippen LogP contribution is -2.14. The van der Waals surface area contributed by atoms with Crippen LogP contribution < -0.4 is 5.32 Å². The number of aromatic amines is 1. The molecule has 8 heteroatoms. The molecule has 174 valence electrons. The summed E-state index contributed by atoms with van der Waals surface area (Å²) in [5.41, 5.74) is 4.12. The van der Waals surface area contributed by atoms with Crippen LogP contribution in [0.15, 0.2) is 71.1 Å². The van der Waals surface area contributed by atoms with Crippen LogP contribution in [0.5, 0.6) is 5.75 Å². The number of amides is 1. The first kappa shape index (κ1) is 22.4. The van der Waals surface area contributed by atoms with Crippen LogP contribution in [0.4, 0.5) is 5.69 Å². The quantitative estimate of drug-likeness (QED) is 0.254. The summed E-state index contributed by atoms with van der Waals surface area (Å²) in [6.07, 6.45) is 0. The molecule has 1 amide bonds. The Labute approximate surface area is 205 Å². The van der Waals surface area contributed by atoms with Crippen molar-refractivity contribution in [3.8, 4) is 17.0 Å². The first-order valence-electron chi connectivity index (χ1n) is 10.8. The molecule has 0 atom stereocenters. The molecule has 7 nitrogen and oxygen atoms in total. The zero-order valence-electron chi connectivity index (χ0n) is 18.8. The van der Waals surface area contributed by atoms with Gasteiger partial charge in [0.15, 0.2) is 5.76 Å². The third-order valence-corrected chi connectivity index (χ3v) is 6.11. The van der Waals surface area contributed by atoms with Crippen LogP contribution in [-0.4, -0.2) is 27.0 Å². The van der Waals surface area contributed by atoms with Crippen molar-refractivity contribution >= 4 is 39.9 Å². The number of ketones is 1. The minimum atomic E-state index is -0.510. The van der Waals surface area contributed by atoms with Crippen LogP contribution in [0.3, 0.4) is 0 Å². The Bertz CT molecular complexity index is 1600. The molecule has 0 bridgehead atoms. The normalized spacial score (nSPS) is 11.1. The third-order valence-electron chi connectivity index (χ3n) is 5.86. The molecular weight excluding hydrogens is 466 g/mol. The lowest BCUT2D eigenvalue weighted by atomic mass is 10.0. The summed E-state index contributed by atoms with van der Waals surface area (Å²) < 4.78 is 5.84. The molecule has 0 saturated heterocycles. The number of carbonyl (C=O) groups excluding carboxylic acids is 2. The Balaban J connectivity index is 1.50. The Hall–Kier alpha value is -4.36. The van der Waals surface area contributed by atoms with Crippen molar-refractivity contribution in [2.45, 2.75) is 13.8 Å². The van der Waals surface area contributed by atoms with Crippen LogP contribution >= 0.6 is 11.6 Å². The summed E-state index contributed by atoms with van der Waals surface area (Å²) >= 11 is 5.95. The highest BCUT2D eigenvalue weighted by Crippen LogP contribution is 2.34. The van der Waals surface area contributed by atoms with Crippen LogP contribution in [0.2, 0.25) is 5.02 Å². The number of nitrogens with zero attached hydrogens (tertiary/aromatic N) is 1. The van der Waals surface area contributed by atoms with Gasteiger partial charge in [-0.2, -0.15) is 5.10 Å². The first-order valence-corrected chi connectivity index (χ1v) is 11.2. The second kappa shape index (κ2) is 8.77. The van der Waals surface area contributed by atoms with Gasteiger partial charge < -0.3 is 14.8 Å². The fourth-order valence-electron chi connectivity index (χ4n) is 3.82. The number of carbonyl (C=O) groups is 2. The molecule has 5 aromatic rings. The fourth-order valence-corrected chi connectivity index (χ4v) is 3.95. The van der Waals surface area contributed by atoms with Gasteiger partial charge in [0.2, 0.25) is 5.78 Å². The van der Waals surface area contributed by atoms with Gasteiger partial charge >= 0.3 is 0 Å². The molecule has 3 N–H and O–H groups in total. The summed E-state index contributed by atoms with van der Waals surface area (Å²) in [7, 11) is 0. The van der Waals surface area contributed by atoms with E-state index in [9.17, 15) is 14.7 Å². The number of anilines is 1. The molecule has 0 unspecified atom stereocenters. The predicted octanol–water partition coefficient (Wildman–Crippen LogP) is 6.28. The summed E-state index contributed by atoms with van der Waals surface area (Å²) in [6, 6.07) is 18.5. The smallest absolute Gasteiger partial charge is 0.273 e. The number of nitrogens with one attached hydrogen (secondary N) is 2. The van der Waals surface area contributed by atoms with Gasteiger partial charge in [0.25, 0.3) is 5.91 Å². The highest BCUT2D eigenvalue weighted by molar-refractivity contribution is 6.30. The number of hydrogen-bond donors (Lipinski definition) is 3. The number of aromatic nitrogens is 2. The lowest BCUT2D eigenvalue weighted by molar-refractivity contribution is 0.101. The summed E-state index contributed by atoms with van der Waals surface area (Å²) in [4.78, 5) is 26.4. The van der Waals surface area contributed by atoms with E-state index >= 15 is 0 Å². The van der Waals surface area contributed by atoms with Crippen molar-refractivity contribution < 1.29 is 19.1 Å². The number of furan rings is 1. The Morgan fingerprint density at radius 1 is 1.00 bits per heavy atom. The number of aryl methyl sites for hydroxylation is 2. The van der Waals surface area contributed by atoms with Gasteiger partial charge in [-0.05, 0) is 79.6 Å². The molecule has 0 aliphatic heterocycles. The van der Waals surface area contributed by atoms with Gasteiger partial charge in [0.1, 0.15) is 17.0 Å². The summed E-state index contributed by atoms with van der Waals surface area (Å²) in [6.45, 7) is 3.84. The molecule has 2 aromatic heterocycles. The molecule has 5 rings (SSSR count). The second-order valence-corrected chi connectivity index (χ2v) is 8.65. The van der Waals surface area contributed by atoms with Crippen LogP contribution in [0, 0.1) is 13.8 Å². The molecule has 3 aromatic carbocycles. The minimum Gasteiger partial charge on any atom is -0.507 e. The second-order valence-electron chi connectivity index (χ2n) is 8.21. The molecule has 2 heterocycles. The topological polar surface area (TPSA) is 108 Å². The van der Waals surface area contributed by atoms with Crippen molar-refractivity contribution in [2.24, 2.45) is 0 Å². The number of fused-ring (bicyclic) bond motifs is 1. The maximum atomic E-state index is 13.2. The first-order chi connectivity index (χ1) is 16.8. The number of phenols is 1. The van der Waals surface area contributed by atoms with Crippen LogP contribution in [0.25, 0.3) is 22.2 Å². The average Bonchev–Trinajstić information content (AvgIpc) is 3.47. The van der Waals surface area contributed by atoms with Crippen molar-refractivity contribution in [1.29, 1.82) is 0 Å². The highest BCUT2D eigenvalue weighted by Gasteiger charge is 2.24. The van der Waals surface area contributed by atoms with E-state index in [0.717, 1.165) is 11.1 Å². The van der Waals surface area contributed by atoms with E-state index in [-0.39, 0.29) is 22.9 Å². The van der Waals surface area contributed by atoms with E-state index in [4.69, 9.17) is 16.0 Å². The van der Waals surface area contributed by atoms with E-state index in [2.05, 4.69) is 15.5 Å². The van der Waals surface area contributed by atoms with E-state index in [1.807, 2.05) is 19.9 Å². The monoisotopic (exact) mass is 485 g/mol. The largest absolute Gasteiger partial charge is 0.507 e. The molecule has 0 aliphatic rings. The lowest BCUT2D eigenvalue weighted by Gasteiger charge is -2.06. The fraction of sp³-hybridized carbons (Fsp3) is 0.0741. The third kappa shape index (κ3) is 4.18. The van der Waals surface area contributed by atoms with Gasteiger partial charge in [-0.1, -0.05) is 23.7 Å². The molecule has 0 aliphatic carbocycles. The Morgan fingerprint density at radius 2 is 1.71 bits per heavy atom. The van der Waals surface area contributed by atoms with Crippen molar-refractivity contribution in [3.63, 3.8) is 0 Å². The number of aromatic hydroxyl groups is 1. The molecule has 0 fully saturated rings. The van der Waals surface area contributed by atoms with Gasteiger partial charge in [-0.25, -0.2) is 0 Å². The van der Waals surface area contributed by atoms with Gasteiger partial charge in [0.05, 0.1) is 11.4 Å². The molecule has 35 heavy (non-hydrogen) atoms. The van der Waals surface area contributed by atoms with Crippen LogP contribution in [0.1, 0.15) is 37.7 Å². The summed E-state index contributed by atoms with van der Waals surface area (Å²) in [5, 5.41) is 21.1. The van der Waals surface area contributed by atoms with Crippen LogP contribution in [-0.2, 0) is 0 Å². The number of halogens is 1. The van der Waals surface area contributed by atoms with Crippen molar-refractivity contribution in [1.82, 2.24) is 10.2 Å². The zero-order valence-corrected chi connectivity index (χ0v) is 19.6. The molecule has 0 radical (unpaired) electrons. The van der Waals surface area contributed by atoms with E-state index < -0.39 is 11.7 Å². The van der Waals surface area contributed by atoms with Gasteiger partial charge in [-0.3, -0.25) is 14.7 Å². The molecule has 0 spiro atoms. The predicted molar refractivity (Wildman–Crippen MR) is 134 cm³/mol. The number of hydrogen-bond acceptors (Lipinski definition) is 5. The maximum absolute atomic E-state index is 13.2. The van der Waals surface area contributed by atoms with Crippen molar-refractivity contribution in [3.05, 3.63) is 99.9 Å². The molecular formula is C27H20ClN3O4. The number of para-hydroxylation sites is 1. The standard InChI is InChI=1S/C27H20ClN3O4/c1-14-11-19(22(32)12-15(14)2)20-13-21(31-30-20)27(34)29-24-18-5-3-4-6-23(18)35-26(24)25(33)16-7-9-17(28)10-8-16/h3-13,32H,1-2H3,(H,29,34)(H,30,31). The van der Waals surface area contributed by atoms with E-state index in [1.54, 1.807) is 60.7 Å². The van der Waals surface area contributed by atoms with Crippen molar-refractivity contribution in [2.75, 3.05) is 5.32 Å². The van der Waals surface area contributed by atoms with E-state index in [0.29, 0.717) is 32.8 Å². The maximum Gasteiger partial charge on any atom is 0.273 e.